The van der Waals surface area contributed by atoms with Gasteiger partial charge >= 0.3 is 6.36 Å². The Morgan fingerprint density at radius 1 is 1.05 bits per heavy atom. The van der Waals surface area contributed by atoms with E-state index >= 15 is 0 Å². The highest BCUT2D eigenvalue weighted by Gasteiger charge is 2.33. The van der Waals surface area contributed by atoms with Gasteiger partial charge in [0.25, 0.3) is 0 Å². The number of amides is 1. The van der Waals surface area contributed by atoms with E-state index in [4.69, 9.17) is 0 Å². The van der Waals surface area contributed by atoms with E-state index < -0.39 is 35.5 Å². The first-order chi connectivity index (χ1) is 18.4. The number of alkyl halides is 3. The summed E-state index contributed by atoms with van der Waals surface area (Å²) in [5.74, 6) is -6.58. The van der Waals surface area contributed by atoms with Crippen LogP contribution in [-0.4, -0.2) is 32.0 Å². The molecule has 0 spiro atoms. The SMILES string of the molecule is C=CC(=O)Nc1ccc(F)c(Nc2nc(Nc3cnn(C)c3)ncc2-c2cc(F)c(F)c(OC(F)(F)F)c2)c1. The van der Waals surface area contributed by atoms with Crippen LogP contribution in [0.5, 0.6) is 5.75 Å². The lowest BCUT2D eigenvalue weighted by Gasteiger charge is -2.16. The zero-order chi connectivity index (χ0) is 28.3. The molecule has 0 aliphatic carbocycles. The molecule has 0 aliphatic rings. The average molecular weight is 549 g/mol. The molecule has 4 rings (SSSR count). The Kier molecular flexibility index (Phi) is 7.42. The van der Waals surface area contributed by atoms with E-state index in [1.807, 2.05) is 0 Å². The van der Waals surface area contributed by atoms with Crippen LogP contribution in [0.25, 0.3) is 11.1 Å². The Balaban J connectivity index is 1.81. The van der Waals surface area contributed by atoms with Crippen molar-refractivity contribution in [2.75, 3.05) is 16.0 Å². The molecular formula is C24H17F6N7O2. The predicted octanol–water partition coefficient (Wildman–Crippen LogP) is 5.80. The van der Waals surface area contributed by atoms with E-state index in [1.165, 1.54) is 23.0 Å². The van der Waals surface area contributed by atoms with E-state index in [9.17, 15) is 31.1 Å². The van der Waals surface area contributed by atoms with E-state index in [2.05, 4.69) is 42.3 Å². The Morgan fingerprint density at radius 3 is 2.49 bits per heavy atom. The number of anilines is 5. The van der Waals surface area contributed by atoms with Gasteiger partial charge in [-0.2, -0.15) is 14.5 Å². The number of halogens is 6. The minimum atomic E-state index is -5.31. The second-order valence-corrected chi connectivity index (χ2v) is 7.81. The highest BCUT2D eigenvalue weighted by molar-refractivity contribution is 5.99. The van der Waals surface area contributed by atoms with Crippen molar-refractivity contribution >= 4 is 34.7 Å². The van der Waals surface area contributed by atoms with Crippen molar-refractivity contribution in [1.82, 2.24) is 19.7 Å². The molecule has 9 nitrogen and oxygen atoms in total. The monoisotopic (exact) mass is 549 g/mol. The van der Waals surface area contributed by atoms with Crippen LogP contribution in [0.15, 0.2) is 61.6 Å². The lowest BCUT2D eigenvalue weighted by molar-refractivity contribution is -0.275. The second kappa shape index (κ2) is 10.7. The molecule has 2 aromatic heterocycles. The number of carbonyl (C=O) groups excluding carboxylic acids is 1. The molecule has 2 heterocycles. The highest BCUT2D eigenvalue weighted by atomic mass is 19.4. The molecule has 3 N–H and O–H groups in total. The van der Waals surface area contributed by atoms with Crippen molar-refractivity contribution in [3.8, 4) is 16.9 Å². The van der Waals surface area contributed by atoms with Crippen molar-refractivity contribution in [2.24, 2.45) is 7.05 Å². The topological polar surface area (TPSA) is 106 Å². The maximum Gasteiger partial charge on any atom is 0.573 e. The summed E-state index contributed by atoms with van der Waals surface area (Å²) in [5, 5.41) is 11.9. The minimum absolute atomic E-state index is 0.0554. The zero-order valence-corrected chi connectivity index (χ0v) is 19.8. The summed E-state index contributed by atoms with van der Waals surface area (Å²) in [6.45, 7) is 3.33. The Hall–Kier alpha value is -5.08. The molecule has 0 atom stereocenters. The summed E-state index contributed by atoms with van der Waals surface area (Å²) < 4.78 is 86.5. The fourth-order valence-corrected chi connectivity index (χ4v) is 3.30. The summed E-state index contributed by atoms with van der Waals surface area (Å²) >= 11 is 0. The van der Waals surface area contributed by atoms with Crippen molar-refractivity contribution in [3.05, 3.63) is 79.0 Å². The summed E-state index contributed by atoms with van der Waals surface area (Å²) in [6.07, 6.45) is -0.170. The summed E-state index contributed by atoms with van der Waals surface area (Å²) in [6, 6.07) is 4.72. The minimum Gasteiger partial charge on any atom is -0.403 e. The molecule has 1 amide bonds. The Bertz CT molecular complexity index is 1550. The fourth-order valence-electron chi connectivity index (χ4n) is 3.30. The maximum atomic E-state index is 14.7. The van der Waals surface area contributed by atoms with Gasteiger partial charge in [0.05, 0.1) is 17.6 Å². The second-order valence-electron chi connectivity index (χ2n) is 7.81. The van der Waals surface area contributed by atoms with Crippen molar-refractivity contribution in [2.45, 2.75) is 6.36 Å². The molecule has 39 heavy (non-hydrogen) atoms. The van der Waals surface area contributed by atoms with Gasteiger partial charge in [0.2, 0.25) is 17.7 Å². The Morgan fingerprint density at radius 2 is 1.82 bits per heavy atom. The smallest absolute Gasteiger partial charge is 0.403 e. The number of rotatable bonds is 8. The fraction of sp³-hybridized carbons (Fsp3) is 0.0833. The summed E-state index contributed by atoms with van der Waals surface area (Å²) in [4.78, 5) is 19.9. The number of carbonyl (C=O) groups is 1. The molecular weight excluding hydrogens is 532 g/mol. The van der Waals surface area contributed by atoms with Gasteiger partial charge in [0.15, 0.2) is 11.6 Å². The first kappa shape index (κ1) is 27.0. The van der Waals surface area contributed by atoms with Gasteiger partial charge < -0.3 is 20.7 Å². The predicted molar refractivity (Wildman–Crippen MR) is 129 cm³/mol. The lowest BCUT2D eigenvalue weighted by atomic mass is 10.1. The van der Waals surface area contributed by atoms with Gasteiger partial charge in [0.1, 0.15) is 11.6 Å². The standard InChI is InChI=1S/C24H17F6N7O2/c1-3-20(38)33-13-4-5-16(25)18(8-13)35-22-15(10-31-23(36-22)34-14-9-32-37(2)11-14)12-6-17(26)21(27)19(7-12)39-24(28,29)30/h3-11H,1H2,2H3,(H,33,38)(H2,31,34,35,36). The number of aryl methyl sites for hydroxylation is 1. The lowest BCUT2D eigenvalue weighted by Crippen LogP contribution is -2.18. The van der Waals surface area contributed by atoms with Crippen LogP contribution < -0.4 is 20.7 Å². The van der Waals surface area contributed by atoms with Crippen LogP contribution in [0.1, 0.15) is 0 Å². The molecule has 4 aromatic rings. The quantitative estimate of drug-likeness (QED) is 0.188. The zero-order valence-electron chi connectivity index (χ0n) is 19.8. The van der Waals surface area contributed by atoms with Gasteiger partial charge in [-0.1, -0.05) is 6.58 Å². The highest BCUT2D eigenvalue weighted by Crippen LogP contribution is 2.36. The maximum absolute atomic E-state index is 14.7. The third-order valence-electron chi connectivity index (χ3n) is 4.95. The van der Waals surface area contributed by atoms with Crippen LogP contribution in [-0.2, 0) is 11.8 Å². The molecule has 2 aromatic carbocycles. The van der Waals surface area contributed by atoms with Gasteiger partial charge in [-0.25, -0.2) is 13.8 Å². The third-order valence-corrected chi connectivity index (χ3v) is 4.95. The van der Waals surface area contributed by atoms with Crippen LogP contribution in [0.3, 0.4) is 0 Å². The molecule has 0 saturated carbocycles. The van der Waals surface area contributed by atoms with E-state index in [0.717, 1.165) is 18.3 Å². The first-order valence-corrected chi connectivity index (χ1v) is 10.8. The van der Waals surface area contributed by atoms with Crippen molar-refractivity contribution < 1.29 is 35.9 Å². The number of hydrogen-bond acceptors (Lipinski definition) is 7. The van der Waals surface area contributed by atoms with Crippen molar-refractivity contribution in [1.29, 1.82) is 0 Å². The first-order valence-electron chi connectivity index (χ1n) is 10.8. The molecule has 0 radical (unpaired) electrons. The van der Waals surface area contributed by atoms with E-state index in [0.29, 0.717) is 17.8 Å². The third kappa shape index (κ3) is 6.63. The van der Waals surface area contributed by atoms with Crippen molar-refractivity contribution in [3.63, 3.8) is 0 Å². The van der Waals surface area contributed by atoms with Gasteiger partial charge in [-0.05, 0) is 42.0 Å². The van der Waals surface area contributed by atoms with Crippen LogP contribution in [0.2, 0.25) is 0 Å². The van der Waals surface area contributed by atoms with Gasteiger partial charge in [0, 0.05) is 30.7 Å². The van der Waals surface area contributed by atoms with E-state index in [-0.39, 0.29) is 34.3 Å². The average Bonchev–Trinajstić information content (AvgIpc) is 3.27. The summed E-state index contributed by atoms with van der Waals surface area (Å²) in [7, 11) is 1.66. The number of benzene rings is 2. The van der Waals surface area contributed by atoms with Crippen LogP contribution in [0, 0.1) is 17.5 Å². The number of nitrogens with zero attached hydrogens (tertiary/aromatic N) is 4. The molecule has 0 saturated heterocycles. The number of nitrogens with one attached hydrogen (secondary N) is 3. The molecule has 15 heteroatoms. The number of ether oxygens (including phenoxy) is 1. The molecule has 0 fully saturated rings. The van der Waals surface area contributed by atoms with E-state index in [1.54, 1.807) is 13.2 Å². The molecule has 0 aliphatic heterocycles. The molecule has 0 unspecified atom stereocenters. The largest absolute Gasteiger partial charge is 0.573 e. The Labute approximate surface area is 216 Å². The van der Waals surface area contributed by atoms with Gasteiger partial charge in [-0.15, -0.1) is 13.2 Å². The van der Waals surface area contributed by atoms with Crippen LogP contribution in [0.4, 0.5) is 55.2 Å². The number of aromatic nitrogens is 4. The molecule has 202 valence electrons. The summed E-state index contributed by atoms with van der Waals surface area (Å²) in [5.41, 5.74) is -0.0526. The van der Waals surface area contributed by atoms with Crippen LogP contribution >= 0.6 is 0 Å². The van der Waals surface area contributed by atoms with Gasteiger partial charge in [-0.3, -0.25) is 9.48 Å². The normalized spacial score (nSPS) is 11.2. The molecule has 0 bridgehead atoms. The number of hydrogen-bond donors (Lipinski definition) is 3.